The summed E-state index contributed by atoms with van der Waals surface area (Å²) in [7, 11) is 0. The minimum absolute atomic E-state index is 0.109. The number of hydrogen-bond donors (Lipinski definition) is 1. The van der Waals surface area contributed by atoms with E-state index in [4.69, 9.17) is 0 Å². The largest absolute Gasteiger partial charge is 0.346 e. The topological polar surface area (TPSA) is 66.7 Å². The zero-order valence-electron chi connectivity index (χ0n) is 15.4. The van der Waals surface area contributed by atoms with E-state index in [1.165, 1.54) is 0 Å². The SMILES string of the molecule is CC1CCCN(C(=O)c2nc(C(=O)NC(C)(C)C)c3ccccn23)C1. The Labute approximate surface area is 148 Å². The third-order valence-electron chi connectivity index (χ3n) is 4.39. The van der Waals surface area contributed by atoms with Crippen LogP contribution in [0.5, 0.6) is 0 Å². The number of nitrogens with zero attached hydrogens (tertiary/aromatic N) is 3. The molecular weight excluding hydrogens is 316 g/mol. The molecule has 0 saturated carbocycles. The third kappa shape index (κ3) is 3.67. The normalized spacial score (nSPS) is 18.4. The van der Waals surface area contributed by atoms with Crippen molar-refractivity contribution in [1.29, 1.82) is 0 Å². The number of amides is 2. The molecular formula is C19H26N4O2. The lowest BCUT2D eigenvalue weighted by Crippen LogP contribution is -2.41. The highest BCUT2D eigenvalue weighted by Gasteiger charge is 2.28. The van der Waals surface area contributed by atoms with E-state index in [-0.39, 0.29) is 17.4 Å². The van der Waals surface area contributed by atoms with Crippen molar-refractivity contribution >= 4 is 17.3 Å². The second kappa shape index (κ2) is 6.50. The van der Waals surface area contributed by atoms with Gasteiger partial charge in [-0.3, -0.25) is 14.0 Å². The predicted molar refractivity (Wildman–Crippen MR) is 96.7 cm³/mol. The molecule has 0 spiro atoms. The van der Waals surface area contributed by atoms with Crippen LogP contribution >= 0.6 is 0 Å². The lowest BCUT2D eigenvalue weighted by molar-refractivity contribution is 0.0670. The van der Waals surface area contributed by atoms with Crippen molar-refractivity contribution in [2.24, 2.45) is 5.92 Å². The summed E-state index contributed by atoms with van der Waals surface area (Å²) >= 11 is 0. The Balaban J connectivity index is 1.99. The zero-order valence-corrected chi connectivity index (χ0v) is 15.4. The van der Waals surface area contributed by atoms with Crippen LogP contribution in [0.1, 0.15) is 61.6 Å². The number of piperidine rings is 1. The molecule has 1 atom stereocenters. The molecule has 134 valence electrons. The molecule has 0 aliphatic carbocycles. The molecule has 1 saturated heterocycles. The summed E-state index contributed by atoms with van der Waals surface area (Å²) in [6, 6.07) is 5.51. The minimum Gasteiger partial charge on any atom is -0.346 e. The number of nitrogens with one attached hydrogen (secondary N) is 1. The molecule has 25 heavy (non-hydrogen) atoms. The van der Waals surface area contributed by atoms with Crippen molar-refractivity contribution in [2.75, 3.05) is 13.1 Å². The maximum absolute atomic E-state index is 13.0. The molecule has 6 nitrogen and oxygen atoms in total. The molecule has 1 aliphatic heterocycles. The molecule has 1 unspecified atom stereocenters. The number of pyridine rings is 1. The quantitative estimate of drug-likeness (QED) is 0.912. The summed E-state index contributed by atoms with van der Waals surface area (Å²) < 4.78 is 1.72. The first-order chi connectivity index (χ1) is 11.8. The highest BCUT2D eigenvalue weighted by Crippen LogP contribution is 2.20. The molecule has 1 N–H and O–H groups in total. The van der Waals surface area contributed by atoms with E-state index in [1.54, 1.807) is 10.6 Å². The van der Waals surface area contributed by atoms with Gasteiger partial charge < -0.3 is 10.2 Å². The van der Waals surface area contributed by atoms with E-state index in [9.17, 15) is 9.59 Å². The minimum atomic E-state index is -0.367. The van der Waals surface area contributed by atoms with Gasteiger partial charge in [0.15, 0.2) is 5.69 Å². The standard InChI is InChI=1S/C19H26N4O2/c1-13-8-7-10-22(12-13)18(25)16-20-15(17(24)21-19(2,3)4)14-9-5-6-11-23(14)16/h5-6,9,11,13H,7-8,10,12H2,1-4H3,(H,21,24). The Morgan fingerprint density at radius 1 is 1.28 bits per heavy atom. The summed E-state index contributed by atoms with van der Waals surface area (Å²) in [4.78, 5) is 31.9. The highest BCUT2D eigenvalue weighted by molar-refractivity contribution is 6.02. The fourth-order valence-corrected chi connectivity index (χ4v) is 3.27. The second-order valence-corrected chi connectivity index (χ2v) is 7.94. The lowest BCUT2D eigenvalue weighted by atomic mass is 10.0. The molecule has 2 aromatic heterocycles. The summed E-state index contributed by atoms with van der Waals surface area (Å²) in [5.41, 5.74) is 0.579. The van der Waals surface area contributed by atoms with Gasteiger partial charge in [-0.2, -0.15) is 0 Å². The molecule has 2 amide bonds. The Morgan fingerprint density at radius 3 is 2.72 bits per heavy atom. The van der Waals surface area contributed by atoms with Crippen molar-refractivity contribution in [2.45, 2.75) is 46.1 Å². The average Bonchev–Trinajstić information content (AvgIpc) is 2.92. The van der Waals surface area contributed by atoms with Crippen LogP contribution in [0, 0.1) is 5.92 Å². The Morgan fingerprint density at radius 2 is 2.04 bits per heavy atom. The summed E-state index contributed by atoms with van der Waals surface area (Å²) in [5.74, 6) is 0.432. The number of rotatable bonds is 2. The van der Waals surface area contributed by atoms with Gasteiger partial charge >= 0.3 is 0 Å². The van der Waals surface area contributed by atoms with Gasteiger partial charge in [-0.15, -0.1) is 0 Å². The van der Waals surface area contributed by atoms with Crippen LogP contribution in [0.3, 0.4) is 0 Å². The molecule has 1 fully saturated rings. The van der Waals surface area contributed by atoms with E-state index >= 15 is 0 Å². The fraction of sp³-hybridized carbons (Fsp3) is 0.526. The zero-order chi connectivity index (χ0) is 18.2. The van der Waals surface area contributed by atoms with Crippen molar-refractivity contribution in [3.05, 3.63) is 35.9 Å². The van der Waals surface area contributed by atoms with Crippen LogP contribution < -0.4 is 5.32 Å². The van der Waals surface area contributed by atoms with Crippen LogP contribution in [-0.2, 0) is 0 Å². The van der Waals surface area contributed by atoms with Crippen molar-refractivity contribution in [3.8, 4) is 0 Å². The maximum atomic E-state index is 13.0. The van der Waals surface area contributed by atoms with Gasteiger partial charge in [0.05, 0.1) is 5.52 Å². The monoisotopic (exact) mass is 342 g/mol. The number of carbonyl (C=O) groups excluding carboxylic acids is 2. The van der Waals surface area contributed by atoms with Gasteiger partial charge in [0, 0.05) is 24.8 Å². The van der Waals surface area contributed by atoms with Crippen LogP contribution in [0.15, 0.2) is 24.4 Å². The lowest BCUT2D eigenvalue weighted by Gasteiger charge is -2.30. The number of carbonyl (C=O) groups is 2. The van der Waals surface area contributed by atoms with Gasteiger partial charge in [-0.1, -0.05) is 13.0 Å². The van der Waals surface area contributed by atoms with E-state index in [1.807, 2.05) is 43.9 Å². The third-order valence-corrected chi connectivity index (χ3v) is 4.39. The fourth-order valence-electron chi connectivity index (χ4n) is 3.27. The number of fused-ring (bicyclic) bond motifs is 1. The van der Waals surface area contributed by atoms with Gasteiger partial charge in [0.25, 0.3) is 11.8 Å². The smallest absolute Gasteiger partial charge is 0.290 e. The summed E-state index contributed by atoms with van der Waals surface area (Å²) in [6.45, 7) is 9.41. The first kappa shape index (κ1) is 17.5. The van der Waals surface area contributed by atoms with E-state index in [0.29, 0.717) is 23.0 Å². The number of imidazole rings is 1. The summed E-state index contributed by atoms with van der Waals surface area (Å²) in [6.07, 6.45) is 3.94. The second-order valence-electron chi connectivity index (χ2n) is 7.94. The molecule has 0 radical (unpaired) electrons. The van der Waals surface area contributed by atoms with Crippen molar-refractivity contribution in [3.63, 3.8) is 0 Å². The predicted octanol–water partition coefficient (Wildman–Crippen LogP) is 2.73. The number of hydrogen-bond acceptors (Lipinski definition) is 3. The van der Waals surface area contributed by atoms with Gasteiger partial charge in [-0.05, 0) is 51.7 Å². The average molecular weight is 342 g/mol. The molecule has 1 aliphatic rings. The Kier molecular flexibility index (Phi) is 4.54. The van der Waals surface area contributed by atoms with Gasteiger partial charge in [0.1, 0.15) is 0 Å². The molecule has 6 heteroatoms. The molecule has 2 aromatic rings. The molecule has 3 rings (SSSR count). The van der Waals surface area contributed by atoms with Crippen molar-refractivity contribution < 1.29 is 9.59 Å². The van der Waals surface area contributed by atoms with Crippen LogP contribution in [0.2, 0.25) is 0 Å². The molecule has 3 heterocycles. The van der Waals surface area contributed by atoms with Crippen LogP contribution in [0.4, 0.5) is 0 Å². The van der Waals surface area contributed by atoms with Gasteiger partial charge in [-0.25, -0.2) is 4.98 Å². The van der Waals surface area contributed by atoms with E-state index in [2.05, 4.69) is 17.2 Å². The van der Waals surface area contributed by atoms with Crippen LogP contribution in [-0.4, -0.2) is 44.7 Å². The Hall–Kier alpha value is -2.37. The van der Waals surface area contributed by atoms with E-state index in [0.717, 1.165) is 25.9 Å². The first-order valence-electron chi connectivity index (χ1n) is 8.85. The van der Waals surface area contributed by atoms with Gasteiger partial charge in [0.2, 0.25) is 5.82 Å². The number of likely N-dealkylation sites (tertiary alicyclic amines) is 1. The summed E-state index contributed by atoms with van der Waals surface area (Å²) in [5, 5.41) is 2.93. The first-order valence-corrected chi connectivity index (χ1v) is 8.85. The Bertz CT molecular complexity index is 803. The maximum Gasteiger partial charge on any atom is 0.290 e. The van der Waals surface area contributed by atoms with Crippen molar-refractivity contribution in [1.82, 2.24) is 19.6 Å². The van der Waals surface area contributed by atoms with Crippen LogP contribution in [0.25, 0.3) is 5.52 Å². The molecule has 0 aromatic carbocycles. The van der Waals surface area contributed by atoms with E-state index < -0.39 is 0 Å². The highest BCUT2D eigenvalue weighted by atomic mass is 16.2. The molecule has 0 bridgehead atoms. The number of aromatic nitrogens is 2.